The van der Waals surface area contributed by atoms with Gasteiger partial charge in [0.15, 0.2) is 5.54 Å². The van der Waals surface area contributed by atoms with E-state index in [2.05, 4.69) is 6.58 Å². The average Bonchev–Trinajstić information content (AvgIpc) is 3.53. The molecule has 0 bridgehead atoms. The number of ketones is 1. The SMILES string of the molecule is C=CCOc1ccc(/C(O)=C2/C(=O)C(=O)N(CC3CCCO3)C23C(=O)N(C)c2ccccc23)cc1C. The summed E-state index contributed by atoms with van der Waals surface area (Å²) < 4.78 is 11.4. The number of carbonyl (C=O) groups excluding carboxylic acids is 3. The number of benzene rings is 2. The number of hydrogen-bond donors (Lipinski definition) is 1. The monoisotopic (exact) mass is 488 g/mol. The van der Waals surface area contributed by atoms with E-state index in [9.17, 15) is 19.5 Å². The van der Waals surface area contributed by atoms with Crippen molar-refractivity contribution in [3.8, 4) is 5.75 Å². The van der Waals surface area contributed by atoms with Crippen LogP contribution in [-0.4, -0.2) is 60.5 Å². The number of hydrogen-bond acceptors (Lipinski definition) is 6. The van der Waals surface area contributed by atoms with Crippen LogP contribution >= 0.6 is 0 Å². The summed E-state index contributed by atoms with van der Waals surface area (Å²) in [6.07, 6.45) is 2.89. The topological polar surface area (TPSA) is 96.4 Å². The molecule has 0 radical (unpaired) electrons. The second kappa shape index (κ2) is 8.95. The van der Waals surface area contributed by atoms with Gasteiger partial charge in [-0.15, -0.1) is 0 Å². The Bertz CT molecular complexity index is 1310. The number of Topliss-reactive ketones (excluding diaryl/α,β-unsaturated/α-hetero) is 1. The first-order valence-corrected chi connectivity index (χ1v) is 12.0. The fourth-order valence-corrected chi connectivity index (χ4v) is 5.47. The number of para-hydroxylation sites is 1. The number of aliphatic hydroxyl groups excluding tert-OH is 1. The van der Waals surface area contributed by atoms with Crippen molar-refractivity contribution in [1.82, 2.24) is 4.90 Å². The maximum Gasteiger partial charge on any atom is 0.296 e. The molecular weight excluding hydrogens is 460 g/mol. The van der Waals surface area contributed by atoms with Gasteiger partial charge in [-0.3, -0.25) is 14.4 Å². The molecule has 2 aromatic rings. The van der Waals surface area contributed by atoms with Crippen LogP contribution in [0.5, 0.6) is 5.75 Å². The zero-order chi connectivity index (χ0) is 25.6. The molecule has 2 saturated heterocycles. The van der Waals surface area contributed by atoms with Gasteiger partial charge in [0, 0.05) is 37.0 Å². The zero-order valence-electron chi connectivity index (χ0n) is 20.3. The number of likely N-dealkylation sites (N-methyl/N-ethyl adjacent to an activating group) is 1. The van der Waals surface area contributed by atoms with Gasteiger partial charge in [0.1, 0.15) is 18.1 Å². The number of carbonyl (C=O) groups is 3. The molecule has 2 amide bonds. The highest BCUT2D eigenvalue weighted by molar-refractivity contribution is 6.50. The lowest BCUT2D eigenvalue weighted by molar-refractivity contribution is -0.145. The standard InChI is InChI=1S/C28H28N2O6/c1-4-13-36-22-12-11-18(15-17(22)2)24(31)23-25(32)26(33)30(16-19-8-7-14-35-19)28(23)20-9-5-6-10-21(20)29(3)27(28)34/h4-6,9-12,15,19,31H,1,7-8,13-14,16H2,2-3H3/b24-23+. The molecule has 3 aliphatic rings. The van der Waals surface area contributed by atoms with E-state index < -0.39 is 28.9 Å². The van der Waals surface area contributed by atoms with Crippen LogP contribution in [0.25, 0.3) is 5.76 Å². The molecule has 1 N–H and O–H groups in total. The summed E-state index contributed by atoms with van der Waals surface area (Å²) in [5.41, 5.74) is 0.0931. The molecule has 36 heavy (non-hydrogen) atoms. The molecule has 2 aromatic carbocycles. The molecule has 8 heteroatoms. The number of anilines is 1. The Morgan fingerprint density at radius 3 is 2.72 bits per heavy atom. The highest BCUT2D eigenvalue weighted by Gasteiger charge is 2.67. The summed E-state index contributed by atoms with van der Waals surface area (Å²) in [7, 11) is 1.61. The minimum absolute atomic E-state index is 0.0721. The predicted octanol–water partition coefficient (Wildman–Crippen LogP) is 3.29. The Labute approximate surface area is 209 Å². The third-order valence-corrected chi connectivity index (χ3v) is 7.15. The molecule has 186 valence electrons. The van der Waals surface area contributed by atoms with Crippen molar-refractivity contribution in [2.24, 2.45) is 0 Å². The number of aliphatic hydroxyl groups is 1. The smallest absolute Gasteiger partial charge is 0.296 e. The quantitative estimate of drug-likeness (QED) is 0.290. The fourth-order valence-electron chi connectivity index (χ4n) is 5.47. The second-order valence-electron chi connectivity index (χ2n) is 9.28. The Morgan fingerprint density at radius 1 is 1.25 bits per heavy atom. The Balaban J connectivity index is 1.72. The van der Waals surface area contributed by atoms with E-state index in [1.807, 2.05) is 6.92 Å². The Morgan fingerprint density at radius 2 is 2.03 bits per heavy atom. The summed E-state index contributed by atoms with van der Waals surface area (Å²) in [4.78, 5) is 43.8. The number of amides is 2. The van der Waals surface area contributed by atoms with E-state index in [4.69, 9.17) is 9.47 Å². The molecule has 2 atom stereocenters. The number of ether oxygens (including phenoxy) is 2. The van der Waals surface area contributed by atoms with Crippen molar-refractivity contribution in [2.45, 2.75) is 31.4 Å². The van der Waals surface area contributed by atoms with Gasteiger partial charge in [-0.1, -0.05) is 30.9 Å². The highest BCUT2D eigenvalue weighted by Crippen LogP contribution is 2.53. The molecule has 3 heterocycles. The molecule has 0 aliphatic carbocycles. The first kappa shape index (κ1) is 23.8. The molecule has 3 aliphatic heterocycles. The minimum Gasteiger partial charge on any atom is -0.507 e. The number of likely N-dealkylation sites (tertiary alicyclic amines) is 1. The molecule has 8 nitrogen and oxygen atoms in total. The first-order chi connectivity index (χ1) is 17.3. The molecule has 1 spiro atoms. The third kappa shape index (κ3) is 3.36. The maximum absolute atomic E-state index is 14.0. The van der Waals surface area contributed by atoms with Gasteiger partial charge in [-0.25, -0.2) is 0 Å². The number of rotatable bonds is 6. The average molecular weight is 489 g/mol. The van der Waals surface area contributed by atoms with E-state index in [-0.39, 0.29) is 18.2 Å². The van der Waals surface area contributed by atoms with E-state index in [1.165, 1.54) is 9.80 Å². The van der Waals surface area contributed by atoms with Gasteiger partial charge in [-0.05, 0) is 49.6 Å². The lowest BCUT2D eigenvalue weighted by Crippen LogP contribution is -2.53. The van der Waals surface area contributed by atoms with Crippen molar-refractivity contribution >= 4 is 29.0 Å². The summed E-state index contributed by atoms with van der Waals surface area (Å²) in [6.45, 7) is 6.41. The van der Waals surface area contributed by atoms with Crippen LogP contribution < -0.4 is 9.64 Å². The Kier molecular flexibility index (Phi) is 5.92. The normalized spacial score (nSPS) is 24.6. The second-order valence-corrected chi connectivity index (χ2v) is 9.28. The third-order valence-electron chi connectivity index (χ3n) is 7.15. The van der Waals surface area contributed by atoms with E-state index >= 15 is 0 Å². The van der Waals surface area contributed by atoms with Crippen molar-refractivity contribution in [3.05, 3.63) is 77.4 Å². The van der Waals surface area contributed by atoms with E-state index in [0.29, 0.717) is 35.8 Å². The van der Waals surface area contributed by atoms with Crippen molar-refractivity contribution in [1.29, 1.82) is 0 Å². The lowest BCUT2D eigenvalue weighted by atomic mass is 9.81. The summed E-state index contributed by atoms with van der Waals surface area (Å²) in [6, 6.07) is 12.0. The molecule has 2 unspecified atom stereocenters. The van der Waals surface area contributed by atoms with Gasteiger partial charge >= 0.3 is 0 Å². The van der Waals surface area contributed by atoms with Crippen molar-refractivity contribution < 1.29 is 29.0 Å². The molecule has 2 fully saturated rings. The molecule has 5 rings (SSSR count). The first-order valence-electron chi connectivity index (χ1n) is 12.0. The number of aryl methyl sites for hydroxylation is 1. The van der Waals surface area contributed by atoms with Crippen molar-refractivity contribution in [3.63, 3.8) is 0 Å². The maximum atomic E-state index is 14.0. The van der Waals surface area contributed by atoms with Crippen molar-refractivity contribution in [2.75, 3.05) is 31.7 Å². The van der Waals surface area contributed by atoms with E-state index in [0.717, 1.165) is 18.4 Å². The molecule has 0 aromatic heterocycles. The lowest BCUT2D eigenvalue weighted by Gasteiger charge is -2.35. The number of nitrogens with zero attached hydrogens (tertiary/aromatic N) is 2. The molecule has 0 saturated carbocycles. The van der Waals surface area contributed by atoms with Gasteiger partial charge in [0.25, 0.3) is 17.6 Å². The van der Waals surface area contributed by atoms with Crippen LogP contribution in [0.2, 0.25) is 0 Å². The molecular formula is C28H28N2O6. The predicted molar refractivity (Wildman–Crippen MR) is 134 cm³/mol. The van der Waals surface area contributed by atoms with Gasteiger partial charge in [-0.2, -0.15) is 0 Å². The number of fused-ring (bicyclic) bond motifs is 2. The summed E-state index contributed by atoms with van der Waals surface area (Å²) in [5, 5.41) is 11.6. The zero-order valence-corrected chi connectivity index (χ0v) is 20.3. The Hall–Kier alpha value is -3.91. The van der Waals surface area contributed by atoms with Gasteiger partial charge < -0.3 is 24.4 Å². The van der Waals surface area contributed by atoms with Crippen LogP contribution in [0.4, 0.5) is 5.69 Å². The van der Waals surface area contributed by atoms with Crippen LogP contribution in [0.1, 0.15) is 29.5 Å². The van der Waals surface area contributed by atoms with Gasteiger partial charge in [0.05, 0.1) is 11.7 Å². The van der Waals surface area contributed by atoms with E-state index in [1.54, 1.807) is 55.6 Å². The fraction of sp³-hybridized carbons (Fsp3) is 0.321. The largest absolute Gasteiger partial charge is 0.507 e. The highest BCUT2D eigenvalue weighted by atomic mass is 16.5. The van der Waals surface area contributed by atoms with Crippen LogP contribution in [0.15, 0.2) is 60.7 Å². The van der Waals surface area contributed by atoms with Crippen LogP contribution in [0.3, 0.4) is 0 Å². The summed E-state index contributed by atoms with van der Waals surface area (Å²) >= 11 is 0. The van der Waals surface area contributed by atoms with Crippen LogP contribution in [-0.2, 0) is 24.7 Å². The summed E-state index contributed by atoms with van der Waals surface area (Å²) in [5.74, 6) is -1.99. The minimum atomic E-state index is -1.78. The van der Waals surface area contributed by atoms with Crippen LogP contribution in [0, 0.1) is 6.92 Å². The van der Waals surface area contributed by atoms with Gasteiger partial charge in [0.2, 0.25) is 0 Å².